The van der Waals surface area contributed by atoms with E-state index in [4.69, 9.17) is 4.74 Å². The molecule has 31 heavy (non-hydrogen) atoms. The SMILES string of the molecule is COc1ccc(C)cc1N(CC(=O)NN=C1CCCCCC1)S(=O)(=O)c1ccccc1. The zero-order valence-corrected chi connectivity index (χ0v) is 18.8. The van der Waals surface area contributed by atoms with Crippen LogP contribution in [0.3, 0.4) is 0 Å². The maximum Gasteiger partial charge on any atom is 0.264 e. The monoisotopic (exact) mass is 443 g/mol. The first-order valence-electron chi connectivity index (χ1n) is 10.5. The van der Waals surface area contributed by atoms with E-state index in [1.165, 1.54) is 32.1 Å². The number of carbonyl (C=O) groups excluding carboxylic acids is 1. The number of amides is 1. The van der Waals surface area contributed by atoms with Crippen molar-refractivity contribution >= 4 is 27.3 Å². The predicted molar refractivity (Wildman–Crippen MR) is 122 cm³/mol. The molecule has 2 aromatic rings. The van der Waals surface area contributed by atoms with Crippen LogP contribution in [0.25, 0.3) is 0 Å². The smallest absolute Gasteiger partial charge is 0.264 e. The molecule has 0 radical (unpaired) electrons. The fourth-order valence-electron chi connectivity index (χ4n) is 3.57. The van der Waals surface area contributed by atoms with Crippen LogP contribution in [0.2, 0.25) is 0 Å². The second-order valence-electron chi connectivity index (χ2n) is 7.63. The molecule has 1 amide bonds. The van der Waals surface area contributed by atoms with Gasteiger partial charge in [0.05, 0.1) is 17.7 Å². The van der Waals surface area contributed by atoms with Crippen LogP contribution in [0, 0.1) is 6.92 Å². The Bertz CT molecular complexity index is 1030. The van der Waals surface area contributed by atoms with E-state index < -0.39 is 22.5 Å². The molecule has 166 valence electrons. The maximum absolute atomic E-state index is 13.5. The Morgan fingerprint density at radius 3 is 2.39 bits per heavy atom. The highest BCUT2D eigenvalue weighted by Gasteiger charge is 2.29. The average molecular weight is 444 g/mol. The molecule has 0 spiro atoms. The molecule has 1 N–H and O–H groups in total. The summed E-state index contributed by atoms with van der Waals surface area (Å²) in [5.41, 5.74) is 4.67. The van der Waals surface area contributed by atoms with Gasteiger partial charge >= 0.3 is 0 Å². The van der Waals surface area contributed by atoms with Crippen molar-refractivity contribution in [2.45, 2.75) is 50.3 Å². The van der Waals surface area contributed by atoms with Gasteiger partial charge in [0, 0.05) is 5.71 Å². The van der Waals surface area contributed by atoms with Crippen molar-refractivity contribution in [1.29, 1.82) is 0 Å². The van der Waals surface area contributed by atoms with Gasteiger partial charge in [-0.25, -0.2) is 13.8 Å². The van der Waals surface area contributed by atoms with Crippen molar-refractivity contribution in [3.05, 3.63) is 54.1 Å². The highest BCUT2D eigenvalue weighted by atomic mass is 32.2. The molecule has 8 heteroatoms. The number of rotatable bonds is 7. The van der Waals surface area contributed by atoms with Gasteiger partial charge in [0.25, 0.3) is 15.9 Å². The third-order valence-corrected chi connectivity index (χ3v) is 7.01. The molecule has 7 nitrogen and oxygen atoms in total. The van der Waals surface area contributed by atoms with Crippen LogP contribution >= 0.6 is 0 Å². The van der Waals surface area contributed by atoms with Crippen LogP contribution in [0.1, 0.15) is 44.1 Å². The fourth-order valence-corrected chi connectivity index (χ4v) is 5.01. The minimum absolute atomic E-state index is 0.0986. The Morgan fingerprint density at radius 1 is 1.06 bits per heavy atom. The summed E-state index contributed by atoms with van der Waals surface area (Å²) in [6.07, 6.45) is 6.18. The average Bonchev–Trinajstić information content (AvgIpc) is 3.05. The Morgan fingerprint density at radius 2 is 1.74 bits per heavy atom. The number of hydrogen-bond donors (Lipinski definition) is 1. The Kier molecular flexibility index (Phi) is 7.68. The number of benzene rings is 2. The molecule has 1 aliphatic rings. The third-order valence-electron chi connectivity index (χ3n) is 5.24. The second kappa shape index (κ2) is 10.4. The molecule has 0 saturated heterocycles. The van der Waals surface area contributed by atoms with Gasteiger partial charge in [-0.05, 0) is 62.4 Å². The lowest BCUT2D eigenvalue weighted by Crippen LogP contribution is -2.40. The summed E-state index contributed by atoms with van der Waals surface area (Å²) in [4.78, 5) is 12.9. The molecule has 0 atom stereocenters. The maximum atomic E-state index is 13.5. The molecule has 3 rings (SSSR count). The number of sulfonamides is 1. The van der Waals surface area contributed by atoms with E-state index >= 15 is 0 Å². The van der Waals surface area contributed by atoms with Gasteiger partial charge < -0.3 is 4.74 Å². The van der Waals surface area contributed by atoms with Crippen LogP contribution < -0.4 is 14.5 Å². The number of hydrazone groups is 1. The summed E-state index contributed by atoms with van der Waals surface area (Å²) >= 11 is 0. The number of carbonyl (C=O) groups is 1. The first kappa shape index (κ1) is 22.8. The lowest BCUT2D eigenvalue weighted by molar-refractivity contribution is -0.119. The number of hydrogen-bond acceptors (Lipinski definition) is 5. The molecule has 0 aliphatic heterocycles. The summed E-state index contributed by atoms with van der Waals surface area (Å²) in [7, 11) is -2.53. The molecule has 2 aromatic carbocycles. The van der Waals surface area contributed by atoms with Crippen LogP contribution in [-0.4, -0.2) is 33.7 Å². The first-order chi connectivity index (χ1) is 14.9. The van der Waals surface area contributed by atoms with E-state index in [1.54, 1.807) is 30.3 Å². The van der Waals surface area contributed by atoms with Crippen LogP contribution in [0.4, 0.5) is 5.69 Å². The highest BCUT2D eigenvalue weighted by Crippen LogP contribution is 2.33. The molecule has 0 unspecified atom stereocenters. The first-order valence-corrected chi connectivity index (χ1v) is 11.9. The third kappa shape index (κ3) is 5.85. The van der Waals surface area contributed by atoms with Gasteiger partial charge in [-0.2, -0.15) is 5.10 Å². The molecule has 1 aliphatic carbocycles. The summed E-state index contributed by atoms with van der Waals surface area (Å²) < 4.78 is 33.4. The number of nitrogens with zero attached hydrogens (tertiary/aromatic N) is 2. The normalized spacial score (nSPS) is 14.5. The van der Waals surface area contributed by atoms with Gasteiger partial charge in [-0.3, -0.25) is 9.10 Å². The van der Waals surface area contributed by atoms with E-state index in [1.807, 2.05) is 13.0 Å². The highest BCUT2D eigenvalue weighted by molar-refractivity contribution is 7.92. The zero-order chi connectivity index (χ0) is 22.3. The van der Waals surface area contributed by atoms with Crippen LogP contribution in [0.15, 0.2) is 58.5 Å². The Balaban J connectivity index is 1.92. The van der Waals surface area contributed by atoms with Crippen LogP contribution in [-0.2, 0) is 14.8 Å². The second-order valence-corrected chi connectivity index (χ2v) is 9.49. The minimum Gasteiger partial charge on any atom is -0.495 e. The molecule has 1 saturated carbocycles. The van der Waals surface area contributed by atoms with Crippen molar-refractivity contribution in [3.8, 4) is 5.75 Å². The quantitative estimate of drug-likeness (QED) is 0.517. The van der Waals surface area contributed by atoms with E-state index in [9.17, 15) is 13.2 Å². The number of aryl methyl sites for hydroxylation is 1. The van der Waals surface area contributed by atoms with Crippen molar-refractivity contribution in [2.24, 2.45) is 5.10 Å². The number of ether oxygens (including phenoxy) is 1. The van der Waals surface area contributed by atoms with Gasteiger partial charge in [0.15, 0.2) is 0 Å². The topological polar surface area (TPSA) is 88.1 Å². The zero-order valence-electron chi connectivity index (χ0n) is 18.0. The molecule has 0 bridgehead atoms. The van der Waals surface area contributed by atoms with Crippen molar-refractivity contribution in [1.82, 2.24) is 5.43 Å². The predicted octanol–water partition coefficient (Wildman–Crippen LogP) is 4.03. The molecular weight excluding hydrogens is 414 g/mol. The van der Waals surface area contributed by atoms with Crippen molar-refractivity contribution < 1.29 is 17.9 Å². The molecule has 0 aromatic heterocycles. The number of methoxy groups -OCH3 is 1. The minimum atomic E-state index is -4.00. The van der Waals surface area contributed by atoms with Crippen molar-refractivity contribution in [2.75, 3.05) is 18.0 Å². The van der Waals surface area contributed by atoms with Gasteiger partial charge in [0.1, 0.15) is 12.3 Å². The molecule has 0 heterocycles. The lowest BCUT2D eigenvalue weighted by atomic mass is 10.2. The summed E-state index contributed by atoms with van der Waals surface area (Å²) in [6.45, 7) is 1.45. The van der Waals surface area contributed by atoms with Gasteiger partial charge in [-0.1, -0.05) is 37.1 Å². The van der Waals surface area contributed by atoms with E-state index in [-0.39, 0.29) is 4.90 Å². The summed E-state index contributed by atoms with van der Waals surface area (Å²) in [5, 5.41) is 4.27. The fraction of sp³-hybridized carbons (Fsp3) is 0.391. The van der Waals surface area contributed by atoms with E-state index in [0.717, 1.165) is 41.3 Å². The van der Waals surface area contributed by atoms with E-state index in [0.29, 0.717) is 11.4 Å². The Labute approximate surface area is 184 Å². The van der Waals surface area contributed by atoms with Gasteiger partial charge in [0.2, 0.25) is 0 Å². The van der Waals surface area contributed by atoms with Gasteiger partial charge in [-0.15, -0.1) is 0 Å². The summed E-state index contributed by atoms with van der Waals surface area (Å²) in [6, 6.07) is 13.3. The standard InChI is InChI=1S/C23H29N3O4S/c1-18-14-15-22(30-2)21(16-18)26(31(28,29)20-12-8-5-9-13-20)17-23(27)25-24-19-10-6-3-4-7-11-19/h5,8-9,12-16H,3-4,6-7,10-11,17H2,1-2H3,(H,25,27). The Hall–Kier alpha value is -2.87. The largest absolute Gasteiger partial charge is 0.495 e. The number of anilines is 1. The van der Waals surface area contributed by atoms with Crippen molar-refractivity contribution in [3.63, 3.8) is 0 Å². The summed E-state index contributed by atoms with van der Waals surface area (Å²) in [5.74, 6) is -0.132. The lowest BCUT2D eigenvalue weighted by Gasteiger charge is -2.25. The molecular formula is C23H29N3O4S. The van der Waals surface area contributed by atoms with Crippen LogP contribution in [0.5, 0.6) is 5.75 Å². The van der Waals surface area contributed by atoms with E-state index in [2.05, 4.69) is 10.5 Å². The molecule has 1 fully saturated rings. The number of nitrogens with one attached hydrogen (secondary N) is 1.